The van der Waals surface area contributed by atoms with E-state index in [-0.39, 0.29) is 12.5 Å². The van der Waals surface area contributed by atoms with E-state index >= 15 is 0 Å². The Labute approximate surface area is 140 Å². The van der Waals surface area contributed by atoms with Gasteiger partial charge in [0.1, 0.15) is 11.6 Å². The van der Waals surface area contributed by atoms with Gasteiger partial charge in [0.2, 0.25) is 0 Å². The normalized spacial score (nSPS) is 10.4. The van der Waals surface area contributed by atoms with E-state index in [1.54, 1.807) is 6.07 Å². The zero-order chi connectivity index (χ0) is 16.8. The number of ether oxygens (including phenoxy) is 1. The summed E-state index contributed by atoms with van der Waals surface area (Å²) in [4.78, 5) is 12.1. The van der Waals surface area contributed by atoms with E-state index in [4.69, 9.17) is 16.3 Å². The van der Waals surface area contributed by atoms with Gasteiger partial charge in [0.15, 0.2) is 6.61 Å². The van der Waals surface area contributed by atoms with Crippen LogP contribution < -0.4 is 10.1 Å². The minimum atomic E-state index is -0.403. The number of halogens is 2. The molecule has 0 aliphatic heterocycles. The van der Waals surface area contributed by atoms with E-state index in [2.05, 4.69) is 5.32 Å². The molecule has 0 atom stereocenters. The molecular formula is C18H19ClFNO2. The Bertz CT molecular complexity index is 703. The van der Waals surface area contributed by atoms with Crippen molar-refractivity contribution in [3.63, 3.8) is 0 Å². The van der Waals surface area contributed by atoms with Gasteiger partial charge in [-0.05, 0) is 42.2 Å². The maximum absolute atomic E-state index is 13.1. The molecule has 0 radical (unpaired) electrons. The van der Waals surface area contributed by atoms with Crippen LogP contribution in [-0.2, 0) is 17.6 Å². The van der Waals surface area contributed by atoms with Crippen molar-refractivity contribution in [2.24, 2.45) is 0 Å². The third kappa shape index (κ3) is 4.45. The Morgan fingerprint density at radius 1 is 1.22 bits per heavy atom. The van der Waals surface area contributed by atoms with Crippen molar-refractivity contribution in [2.75, 3.05) is 11.9 Å². The topological polar surface area (TPSA) is 38.3 Å². The Balaban J connectivity index is 2.09. The first-order valence-electron chi connectivity index (χ1n) is 7.53. The van der Waals surface area contributed by atoms with E-state index in [9.17, 15) is 9.18 Å². The average Bonchev–Trinajstić information content (AvgIpc) is 2.53. The molecule has 0 fully saturated rings. The van der Waals surface area contributed by atoms with Crippen molar-refractivity contribution in [2.45, 2.75) is 26.7 Å². The zero-order valence-corrected chi connectivity index (χ0v) is 13.9. The summed E-state index contributed by atoms with van der Waals surface area (Å²) in [6.07, 6.45) is 1.50. The van der Waals surface area contributed by atoms with Crippen LogP contribution in [0.1, 0.15) is 25.0 Å². The third-order valence-corrected chi connectivity index (χ3v) is 3.86. The van der Waals surface area contributed by atoms with Gasteiger partial charge in [0.25, 0.3) is 5.91 Å². The fourth-order valence-corrected chi connectivity index (χ4v) is 2.64. The minimum Gasteiger partial charge on any atom is -0.484 e. The highest BCUT2D eigenvalue weighted by atomic mass is 35.5. The van der Waals surface area contributed by atoms with Gasteiger partial charge in [-0.1, -0.05) is 37.6 Å². The summed E-state index contributed by atoms with van der Waals surface area (Å²) < 4.78 is 18.4. The predicted octanol–water partition coefficient (Wildman–Crippen LogP) is 4.62. The van der Waals surface area contributed by atoms with Gasteiger partial charge in [0.05, 0.1) is 0 Å². The smallest absolute Gasteiger partial charge is 0.262 e. The lowest BCUT2D eigenvalue weighted by atomic mass is 10.0. The number of nitrogens with one attached hydrogen (secondary N) is 1. The van der Waals surface area contributed by atoms with Crippen LogP contribution in [0.15, 0.2) is 36.4 Å². The molecule has 0 saturated heterocycles. The maximum Gasteiger partial charge on any atom is 0.262 e. The largest absolute Gasteiger partial charge is 0.484 e. The van der Waals surface area contributed by atoms with Gasteiger partial charge in [-0.3, -0.25) is 4.79 Å². The average molecular weight is 336 g/mol. The second-order valence-corrected chi connectivity index (χ2v) is 5.47. The Kier molecular flexibility index (Phi) is 5.99. The Morgan fingerprint density at radius 2 is 2.00 bits per heavy atom. The van der Waals surface area contributed by atoms with Gasteiger partial charge in [0, 0.05) is 16.8 Å². The van der Waals surface area contributed by atoms with Crippen molar-refractivity contribution in [1.82, 2.24) is 0 Å². The number of hydrogen-bond acceptors (Lipinski definition) is 2. The van der Waals surface area contributed by atoms with Crippen LogP contribution >= 0.6 is 11.6 Å². The lowest BCUT2D eigenvalue weighted by molar-refractivity contribution is -0.118. The van der Waals surface area contributed by atoms with Crippen molar-refractivity contribution in [3.05, 3.63) is 58.4 Å². The molecule has 2 aromatic carbocycles. The van der Waals surface area contributed by atoms with Crippen LogP contribution in [0.5, 0.6) is 5.75 Å². The molecule has 0 aliphatic carbocycles. The molecule has 2 rings (SSSR count). The molecule has 0 unspecified atom stereocenters. The lowest BCUT2D eigenvalue weighted by Gasteiger charge is -2.16. The summed E-state index contributed by atoms with van der Waals surface area (Å²) in [5.74, 6) is -0.391. The van der Waals surface area contributed by atoms with E-state index < -0.39 is 5.82 Å². The first-order valence-corrected chi connectivity index (χ1v) is 7.91. The molecule has 0 heterocycles. The summed E-state index contributed by atoms with van der Waals surface area (Å²) in [5.41, 5.74) is 2.67. The quantitative estimate of drug-likeness (QED) is 0.836. The summed E-state index contributed by atoms with van der Waals surface area (Å²) in [5, 5.41) is 3.50. The van der Waals surface area contributed by atoms with E-state index in [0.29, 0.717) is 17.2 Å². The molecule has 0 saturated carbocycles. The van der Waals surface area contributed by atoms with E-state index in [0.717, 1.165) is 23.2 Å². The number of hydrogen-bond donors (Lipinski definition) is 1. The number of benzene rings is 2. The molecular weight excluding hydrogens is 317 g/mol. The van der Waals surface area contributed by atoms with Gasteiger partial charge >= 0.3 is 0 Å². The van der Waals surface area contributed by atoms with Gasteiger partial charge in [-0.15, -0.1) is 0 Å². The minimum absolute atomic E-state index is 0.192. The predicted molar refractivity (Wildman–Crippen MR) is 90.7 cm³/mol. The molecule has 0 aliphatic rings. The molecule has 1 amide bonds. The molecule has 0 bridgehead atoms. The van der Waals surface area contributed by atoms with Crippen LogP contribution in [0.2, 0.25) is 5.02 Å². The SMILES string of the molecule is CCc1ccc(Cl)c(CC)c1NC(=O)COc1cccc(F)c1. The molecule has 5 heteroatoms. The van der Waals surface area contributed by atoms with Crippen LogP contribution in [-0.4, -0.2) is 12.5 Å². The van der Waals surface area contributed by atoms with Crippen LogP contribution in [0.4, 0.5) is 10.1 Å². The van der Waals surface area contributed by atoms with Crippen LogP contribution in [0.25, 0.3) is 0 Å². The lowest BCUT2D eigenvalue weighted by Crippen LogP contribution is -2.22. The van der Waals surface area contributed by atoms with Gasteiger partial charge in [-0.2, -0.15) is 0 Å². The molecule has 1 N–H and O–H groups in total. The summed E-state index contributed by atoms with van der Waals surface area (Å²) >= 11 is 6.21. The molecule has 122 valence electrons. The van der Waals surface area contributed by atoms with Crippen molar-refractivity contribution >= 4 is 23.2 Å². The maximum atomic E-state index is 13.1. The number of rotatable bonds is 6. The van der Waals surface area contributed by atoms with Crippen LogP contribution in [0.3, 0.4) is 0 Å². The number of amides is 1. The summed E-state index contributed by atoms with van der Waals surface area (Å²) in [6, 6.07) is 9.44. The standard InChI is InChI=1S/C18H19ClFNO2/c1-3-12-8-9-16(19)15(4-2)18(12)21-17(22)11-23-14-7-5-6-13(20)10-14/h5-10H,3-4,11H2,1-2H3,(H,21,22). The highest BCUT2D eigenvalue weighted by molar-refractivity contribution is 6.32. The van der Waals surface area contributed by atoms with E-state index in [1.807, 2.05) is 26.0 Å². The third-order valence-electron chi connectivity index (χ3n) is 3.51. The second kappa shape index (κ2) is 7.97. The fourth-order valence-electron chi connectivity index (χ4n) is 2.35. The number of aryl methyl sites for hydroxylation is 1. The molecule has 0 spiro atoms. The molecule has 0 aromatic heterocycles. The van der Waals surface area contributed by atoms with E-state index in [1.165, 1.54) is 18.2 Å². The Hall–Kier alpha value is -2.07. The van der Waals surface area contributed by atoms with Crippen molar-refractivity contribution in [3.8, 4) is 5.75 Å². The van der Waals surface area contributed by atoms with Gasteiger partial charge in [-0.25, -0.2) is 4.39 Å². The van der Waals surface area contributed by atoms with Crippen molar-refractivity contribution < 1.29 is 13.9 Å². The first kappa shape index (κ1) is 17.3. The highest BCUT2D eigenvalue weighted by Gasteiger charge is 2.13. The number of carbonyl (C=O) groups is 1. The fraction of sp³-hybridized carbons (Fsp3) is 0.278. The van der Waals surface area contributed by atoms with Crippen molar-refractivity contribution in [1.29, 1.82) is 0 Å². The molecule has 2 aromatic rings. The first-order chi connectivity index (χ1) is 11.0. The highest BCUT2D eigenvalue weighted by Crippen LogP contribution is 2.29. The summed E-state index contributed by atoms with van der Waals surface area (Å²) in [7, 11) is 0. The zero-order valence-electron chi connectivity index (χ0n) is 13.2. The Morgan fingerprint density at radius 3 is 2.65 bits per heavy atom. The monoisotopic (exact) mass is 335 g/mol. The summed E-state index contributed by atoms with van der Waals surface area (Å²) in [6.45, 7) is 3.81. The number of anilines is 1. The second-order valence-electron chi connectivity index (χ2n) is 5.06. The molecule has 23 heavy (non-hydrogen) atoms. The molecule has 3 nitrogen and oxygen atoms in total. The van der Waals surface area contributed by atoms with Gasteiger partial charge < -0.3 is 10.1 Å². The van der Waals surface area contributed by atoms with Crippen LogP contribution in [0, 0.1) is 5.82 Å². The number of carbonyl (C=O) groups excluding carboxylic acids is 1.